The molecule has 0 fully saturated rings. The molecule has 0 aliphatic rings. The van der Waals surface area contributed by atoms with Crippen LogP contribution in [0.3, 0.4) is 0 Å². The molecule has 31 heavy (non-hydrogen) atoms. The minimum Gasteiger partial charge on any atom is -0.507 e. The molecule has 3 nitrogen and oxygen atoms in total. The Morgan fingerprint density at radius 1 is 0.968 bits per heavy atom. The molecule has 2 aromatic carbocycles. The van der Waals surface area contributed by atoms with Crippen molar-refractivity contribution in [3.63, 3.8) is 0 Å². The highest BCUT2D eigenvalue weighted by molar-refractivity contribution is 5.85. The van der Waals surface area contributed by atoms with E-state index in [2.05, 4.69) is 66.7 Å². The molecule has 0 aliphatic carbocycles. The van der Waals surface area contributed by atoms with Crippen molar-refractivity contribution in [2.45, 2.75) is 97.1 Å². The Morgan fingerprint density at radius 3 is 2.16 bits per heavy atom. The van der Waals surface area contributed by atoms with Gasteiger partial charge in [-0.3, -0.25) is 4.99 Å². The molecule has 0 amide bonds. The number of nitrogens with zero attached hydrogens (tertiary/aromatic N) is 1. The lowest BCUT2D eigenvalue weighted by Crippen LogP contribution is -2.27. The maximum Gasteiger partial charge on any atom is 0.128 e. The highest BCUT2D eigenvalue weighted by Gasteiger charge is 2.25. The Kier molecular flexibility index (Phi) is 8.48. The average Bonchev–Trinajstić information content (AvgIpc) is 2.69. The quantitative estimate of drug-likeness (QED) is 0.472. The van der Waals surface area contributed by atoms with Crippen LogP contribution in [0, 0.1) is 0 Å². The van der Waals surface area contributed by atoms with Gasteiger partial charge < -0.3 is 10.2 Å². The summed E-state index contributed by atoms with van der Waals surface area (Å²) in [6, 6.07) is 14.1. The van der Waals surface area contributed by atoms with Crippen LogP contribution in [0.5, 0.6) is 5.75 Å². The van der Waals surface area contributed by atoms with E-state index in [1.165, 1.54) is 5.56 Å². The van der Waals surface area contributed by atoms with Gasteiger partial charge in [0.15, 0.2) is 0 Å². The van der Waals surface area contributed by atoms with Gasteiger partial charge in [-0.05, 0) is 40.9 Å². The minimum absolute atomic E-state index is 0.0413. The van der Waals surface area contributed by atoms with Crippen molar-refractivity contribution in [2.75, 3.05) is 0 Å². The third-order valence-electron chi connectivity index (χ3n) is 5.80. The first-order valence-corrected chi connectivity index (χ1v) is 11.6. The Balaban J connectivity index is 2.45. The zero-order valence-corrected chi connectivity index (χ0v) is 20.4. The Morgan fingerprint density at radius 2 is 1.61 bits per heavy atom. The van der Waals surface area contributed by atoms with Crippen molar-refractivity contribution in [3.05, 3.63) is 64.7 Å². The number of unbranched alkanes of at least 4 members (excludes halogenated alkanes) is 1. The van der Waals surface area contributed by atoms with Crippen LogP contribution in [-0.2, 0) is 17.3 Å². The molecule has 0 spiro atoms. The Bertz CT molecular complexity index is 857. The van der Waals surface area contributed by atoms with E-state index < -0.39 is 6.10 Å². The largest absolute Gasteiger partial charge is 0.507 e. The van der Waals surface area contributed by atoms with Crippen LogP contribution in [0.15, 0.2) is 47.5 Å². The van der Waals surface area contributed by atoms with E-state index in [9.17, 15) is 10.2 Å². The summed E-state index contributed by atoms with van der Waals surface area (Å²) in [5, 5.41) is 21.9. The van der Waals surface area contributed by atoms with E-state index in [4.69, 9.17) is 4.99 Å². The summed E-state index contributed by atoms with van der Waals surface area (Å²) in [7, 11) is 0. The second kappa shape index (κ2) is 10.5. The van der Waals surface area contributed by atoms with Crippen molar-refractivity contribution >= 4 is 6.21 Å². The van der Waals surface area contributed by atoms with Crippen molar-refractivity contribution < 1.29 is 10.2 Å². The average molecular weight is 424 g/mol. The van der Waals surface area contributed by atoms with Gasteiger partial charge in [-0.25, -0.2) is 0 Å². The first kappa shape index (κ1) is 25.1. The van der Waals surface area contributed by atoms with Gasteiger partial charge in [0, 0.05) is 17.3 Å². The zero-order chi connectivity index (χ0) is 23.2. The fourth-order valence-corrected chi connectivity index (χ4v) is 3.69. The van der Waals surface area contributed by atoms with E-state index in [1.807, 2.05) is 24.3 Å². The highest BCUT2D eigenvalue weighted by atomic mass is 16.3. The van der Waals surface area contributed by atoms with Gasteiger partial charge >= 0.3 is 0 Å². The van der Waals surface area contributed by atoms with Crippen LogP contribution >= 0.6 is 0 Å². The fraction of sp³-hybridized carbons (Fsp3) is 0.536. The molecule has 0 radical (unpaired) electrons. The molecule has 2 atom stereocenters. The Labute approximate surface area is 189 Å². The third-order valence-corrected chi connectivity index (χ3v) is 5.80. The number of benzene rings is 2. The van der Waals surface area contributed by atoms with Crippen molar-refractivity contribution in [1.29, 1.82) is 0 Å². The van der Waals surface area contributed by atoms with Crippen LogP contribution in [0.1, 0.15) is 90.0 Å². The van der Waals surface area contributed by atoms with Gasteiger partial charge in [-0.15, -0.1) is 0 Å². The summed E-state index contributed by atoms with van der Waals surface area (Å²) in [6.45, 7) is 15.0. The number of phenolic OH excluding ortho intramolecular Hbond substituents is 1. The predicted octanol–water partition coefficient (Wildman–Crippen LogP) is 6.57. The Hall–Kier alpha value is -2.13. The van der Waals surface area contributed by atoms with Gasteiger partial charge in [-0.1, -0.05) is 97.7 Å². The monoisotopic (exact) mass is 423 g/mol. The summed E-state index contributed by atoms with van der Waals surface area (Å²) in [5.74, 6) is 0.283. The normalized spacial score (nSPS) is 14.7. The van der Waals surface area contributed by atoms with Gasteiger partial charge in [0.25, 0.3) is 0 Å². The minimum atomic E-state index is -0.508. The molecule has 0 heterocycles. The predicted molar refractivity (Wildman–Crippen MR) is 133 cm³/mol. The second-order valence-electron chi connectivity index (χ2n) is 10.7. The molecule has 2 rings (SSSR count). The number of phenols is 1. The topological polar surface area (TPSA) is 52.8 Å². The number of hydrogen-bond acceptors (Lipinski definition) is 3. The molecule has 2 N–H and O–H groups in total. The number of rotatable bonds is 8. The molecule has 3 heteroatoms. The summed E-state index contributed by atoms with van der Waals surface area (Å²) in [5.41, 5.74) is 3.75. The second-order valence-corrected chi connectivity index (χ2v) is 10.7. The molecular weight excluding hydrogens is 382 g/mol. The SMILES string of the molecule is CCCC[C@@H](O)[C@H](Cc1ccccc1)N=Cc1cc(C(C)(C)C)cc(C(C)(C)C)c1O. The zero-order valence-electron chi connectivity index (χ0n) is 20.4. The van der Waals surface area contributed by atoms with Crippen LogP contribution < -0.4 is 0 Å². The summed E-state index contributed by atoms with van der Waals surface area (Å²) < 4.78 is 0. The molecule has 0 aromatic heterocycles. The number of hydrogen-bond donors (Lipinski definition) is 2. The highest BCUT2D eigenvalue weighted by Crippen LogP contribution is 2.37. The first-order chi connectivity index (χ1) is 14.4. The molecule has 0 aliphatic heterocycles. The van der Waals surface area contributed by atoms with Crippen LogP contribution in [0.25, 0.3) is 0 Å². The van der Waals surface area contributed by atoms with Crippen molar-refractivity contribution in [1.82, 2.24) is 0 Å². The first-order valence-electron chi connectivity index (χ1n) is 11.6. The van der Waals surface area contributed by atoms with Gasteiger partial charge in [0.05, 0.1) is 12.1 Å². The van der Waals surface area contributed by atoms with Crippen LogP contribution in [0.2, 0.25) is 0 Å². The molecule has 0 bridgehead atoms. The summed E-state index contributed by atoms with van der Waals surface area (Å²) >= 11 is 0. The van der Waals surface area contributed by atoms with Crippen LogP contribution in [0.4, 0.5) is 0 Å². The number of aliphatic hydroxyl groups is 1. The molecule has 2 aromatic rings. The lowest BCUT2D eigenvalue weighted by atomic mass is 9.79. The molecule has 0 saturated heterocycles. The maximum absolute atomic E-state index is 11.0. The lowest BCUT2D eigenvalue weighted by Gasteiger charge is -2.27. The van der Waals surface area contributed by atoms with Crippen LogP contribution in [-0.4, -0.2) is 28.6 Å². The number of aromatic hydroxyl groups is 1. The summed E-state index contributed by atoms with van der Waals surface area (Å²) in [6.07, 6.45) is 4.68. The molecule has 170 valence electrons. The van der Waals surface area contributed by atoms with E-state index in [0.717, 1.165) is 36.0 Å². The van der Waals surface area contributed by atoms with Crippen molar-refractivity contribution in [3.8, 4) is 5.75 Å². The number of aliphatic hydroxyl groups excluding tert-OH is 1. The van der Waals surface area contributed by atoms with E-state index in [-0.39, 0.29) is 22.6 Å². The van der Waals surface area contributed by atoms with E-state index in [0.29, 0.717) is 6.42 Å². The maximum atomic E-state index is 11.0. The van der Waals surface area contributed by atoms with E-state index >= 15 is 0 Å². The van der Waals surface area contributed by atoms with Crippen molar-refractivity contribution in [2.24, 2.45) is 4.99 Å². The fourth-order valence-electron chi connectivity index (χ4n) is 3.69. The van der Waals surface area contributed by atoms with Gasteiger partial charge in [0.1, 0.15) is 5.75 Å². The van der Waals surface area contributed by atoms with Gasteiger partial charge in [-0.2, -0.15) is 0 Å². The molecular formula is C28H41NO2. The summed E-state index contributed by atoms with van der Waals surface area (Å²) in [4.78, 5) is 4.81. The van der Waals surface area contributed by atoms with Gasteiger partial charge in [0.2, 0.25) is 0 Å². The number of aliphatic imine (C=N–C) groups is 1. The standard InChI is InChI=1S/C28H41NO2/c1-8-9-15-25(30)24(16-20-13-11-10-12-14-20)29-19-21-17-22(27(2,3)4)18-23(26(21)31)28(5,6)7/h10-14,17-19,24-25,30-31H,8-9,15-16H2,1-7H3/t24-,25+/m0/s1. The lowest BCUT2D eigenvalue weighted by molar-refractivity contribution is 0.133. The third kappa shape index (κ3) is 7.21. The molecule has 0 unspecified atom stereocenters. The van der Waals surface area contributed by atoms with E-state index in [1.54, 1.807) is 6.21 Å². The smallest absolute Gasteiger partial charge is 0.128 e. The molecule has 0 saturated carbocycles.